The number of phenolic OH excluding ortho intramolecular Hbond substituents is 1. The van der Waals surface area contributed by atoms with Gasteiger partial charge in [0.25, 0.3) is 10.9 Å². The molecule has 204 valence electrons. The SMILES string of the molecule is CCC(Nc1c(Nc2ccc(Cl)c(S(=O)(=O)N3CCC4(CCCC4)CC3)c2O)c(=O)c1=O)c1ccc(C)o1. The number of piperidine rings is 1. The van der Waals surface area contributed by atoms with Crippen LogP contribution in [0.25, 0.3) is 0 Å². The van der Waals surface area contributed by atoms with Crippen molar-refractivity contribution in [2.24, 2.45) is 5.41 Å². The number of nitrogens with zero attached hydrogens (tertiary/aromatic N) is 1. The zero-order chi connectivity index (χ0) is 27.2. The lowest BCUT2D eigenvalue weighted by Gasteiger charge is -2.38. The summed E-state index contributed by atoms with van der Waals surface area (Å²) in [5.74, 6) is 0.745. The van der Waals surface area contributed by atoms with Gasteiger partial charge in [0.2, 0.25) is 10.0 Å². The highest BCUT2D eigenvalue weighted by Gasteiger charge is 2.41. The second-order valence-corrected chi connectivity index (χ2v) is 12.8. The number of phenols is 1. The first kappa shape index (κ1) is 26.8. The highest BCUT2D eigenvalue weighted by Crippen LogP contribution is 2.48. The molecule has 1 aliphatic carbocycles. The maximum atomic E-state index is 13.6. The third kappa shape index (κ3) is 4.63. The largest absolute Gasteiger partial charge is 0.504 e. The van der Waals surface area contributed by atoms with Crippen molar-refractivity contribution < 1.29 is 17.9 Å². The summed E-state index contributed by atoms with van der Waals surface area (Å²) in [7, 11) is -4.10. The molecule has 1 saturated carbocycles. The Morgan fingerprint density at radius 1 is 1.05 bits per heavy atom. The first-order chi connectivity index (χ1) is 18.1. The minimum absolute atomic E-state index is 0.0331. The quantitative estimate of drug-likeness (QED) is 0.253. The molecule has 0 bridgehead atoms. The predicted octanol–water partition coefficient (Wildman–Crippen LogP) is 5.19. The molecule has 1 spiro atoms. The van der Waals surface area contributed by atoms with Gasteiger partial charge in [0.15, 0.2) is 5.75 Å². The molecule has 38 heavy (non-hydrogen) atoms. The smallest absolute Gasteiger partial charge is 0.253 e. The molecule has 3 aromatic rings. The Balaban J connectivity index is 1.40. The third-order valence-electron chi connectivity index (χ3n) is 8.13. The van der Waals surface area contributed by atoms with Crippen LogP contribution < -0.4 is 21.5 Å². The van der Waals surface area contributed by atoms with Crippen LogP contribution in [-0.2, 0) is 10.0 Å². The van der Waals surface area contributed by atoms with E-state index in [1.165, 1.54) is 29.3 Å². The molecule has 2 aliphatic rings. The van der Waals surface area contributed by atoms with Crippen LogP contribution in [0.1, 0.15) is 69.4 Å². The van der Waals surface area contributed by atoms with Gasteiger partial charge in [0, 0.05) is 13.1 Å². The molecule has 1 atom stereocenters. The fourth-order valence-corrected chi connectivity index (χ4v) is 7.86. The van der Waals surface area contributed by atoms with Gasteiger partial charge in [-0.3, -0.25) is 9.59 Å². The number of nitrogens with one attached hydrogen (secondary N) is 2. The van der Waals surface area contributed by atoms with E-state index in [-0.39, 0.29) is 33.5 Å². The van der Waals surface area contributed by atoms with Gasteiger partial charge in [0.05, 0.1) is 16.8 Å². The standard InChI is InChI=1S/C27H32ClN3O6S/c1-3-18(20-9-6-16(2)37-20)29-21-22(25(34)24(21)33)30-19-8-7-17(28)26(23(19)32)38(35,36)31-14-12-27(13-15-31)10-4-5-11-27/h6-9,18,29-30,32H,3-5,10-15H2,1-2H3. The number of rotatable bonds is 8. The molecule has 2 heterocycles. The van der Waals surface area contributed by atoms with Gasteiger partial charge in [-0.25, -0.2) is 8.42 Å². The maximum Gasteiger partial charge on any atom is 0.253 e. The first-order valence-electron chi connectivity index (χ1n) is 13.0. The van der Waals surface area contributed by atoms with E-state index in [9.17, 15) is 23.1 Å². The zero-order valence-corrected chi connectivity index (χ0v) is 23.0. The van der Waals surface area contributed by atoms with Crippen molar-refractivity contribution in [1.29, 1.82) is 0 Å². The molecule has 1 saturated heterocycles. The molecule has 2 fully saturated rings. The fraction of sp³-hybridized carbons (Fsp3) is 0.481. The first-order valence-corrected chi connectivity index (χ1v) is 14.8. The van der Waals surface area contributed by atoms with Crippen LogP contribution in [0.2, 0.25) is 5.02 Å². The number of aryl methyl sites for hydroxylation is 1. The van der Waals surface area contributed by atoms with Gasteiger partial charge < -0.3 is 20.2 Å². The van der Waals surface area contributed by atoms with E-state index in [0.717, 1.165) is 31.4 Å². The van der Waals surface area contributed by atoms with Crippen LogP contribution in [0.15, 0.2) is 43.2 Å². The summed E-state index contributed by atoms with van der Waals surface area (Å²) in [6.45, 7) is 4.46. The lowest BCUT2D eigenvalue weighted by Crippen LogP contribution is -2.42. The molecule has 3 N–H and O–H groups in total. The van der Waals surface area contributed by atoms with Crippen molar-refractivity contribution in [3.63, 3.8) is 0 Å². The van der Waals surface area contributed by atoms with E-state index >= 15 is 0 Å². The fourth-order valence-electron chi connectivity index (χ4n) is 5.82. The van der Waals surface area contributed by atoms with E-state index in [2.05, 4.69) is 10.6 Å². The van der Waals surface area contributed by atoms with Gasteiger partial charge >= 0.3 is 0 Å². The van der Waals surface area contributed by atoms with Gasteiger partial charge in [0.1, 0.15) is 27.8 Å². The summed E-state index contributed by atoms with van der Waals surface area (Å²) in [6.07, 6.45) is 6.77. The number of benzene rings is 1. The summed E-state index contributed by atoms with van der Waals surface area (Å²) in [4.78, 5) is 24.4. The van der Waals surface area contributed by atoms with Gasteiger partial charge in [-0.1, -0.05) is 31.4 Å². The Kier molecular flexibility index (Phi) is 7.08. The average Bonchev–Trinajstić information content (AvgIpc) is 3.53. The molecular weight excluding hydrogens is 530 g/mol. The number of sulfonamides is 1. The molecule has 2 aromatic carbocycles. The molecule has 0 amide bonds. The minimum Gasteiger partial charge on any atom is -0.504 e. The summed E-state index contributed by atoms with van der Waals surface area (Å²) < 4.78 is 34.2. The van der Waals surface area contributed by atoms with Crippen molar-refractivity contribution in [2.45, 2.75) is 69.7 Å². The van der Waals surface area contributed by atoms with Crippen molar-refractivity contribution in [3.05, 3.63) is 61.3 Å². The van der Waals surface area contributed by atoms with Gasteiger partial charge in [-0.05, 0) is 68.7 Å². The predicted molar refractivity (Wildman–Crippen MR) is 147 cm³/mol. The number of anilines is 3. The summed E-state index contributed by atoms with van der Waals surface area (Å²) in [5.41, 5.74) is -1.29. The van der Waals surface area contributed by atoms with Crippen LogP contribution in [0.3, 0.4) is 0 Å². The molecule has 5 rings (SSSR count). The summed E-state index contributed by atoms with van der Waals surface area (Å²) in [5, 5.41) is 16.8. The highest BCUT2D eigenvalue weighted by molar-refractivity contribution is 7.89. The van der Waals surface area contributed by atoms with E-state index in [1.807, 2.05) is 19.9 Å². The van der Waals surface area contributed by atoms with Gasteiger partial charge in [-0.2, -0.15) is 4.31 Å². The number of hydrogen-bond acceptors (Lipinski definition) is 8. The number of aromatic hydroxyl groups is 1. The van der Waals surface area contributed by atoms with Crippen molar-refractivity contribution in [2.75, 3.05) is 23.7 Å². The van der Waals surface area contributed by atoms with Crippen LogP contribution in [0.4, 0.5) is 17.1 Å². The Morgan fingerprint density at radius 3 is 2.32 bits per heavy atom. The molecule has 9 nitrogen and oxygen atoms in total. The Hall–Kier alpha value is -2.82. The zero-order valence-electron chi connectivity index (χ0n) is 21.5. The van der Waals surface area contributed by atoms with Crippen LogP contribution in [0, 0.1) is 12.3 Å². The molecule has 1 aliphatic heterocycles. The van der Waals surface area contributed by atoms with E-state index in [1.54, 1.807) is 6.07 Å². The average molecular weight is 562 g/mol. The molecule has 0 radical (unpaired) electrons. The van der Waals surface area contributed by atoms with E-state index in [0.29, 0.717) is 25.3 Å². The second-order valence-electron chi connectivity index (χ2n) is 10.5. The van der Waals surface area contributed by atoms with E-state index in [4.69, 9.17) is 16.0 Å². The monoisotopic (exact) mass is 561 g/mol. The van der Waals surface area contributed by atoms with Crippen molar-refractivity contribution in [1.82, 2.24) is 4.31 Å². The Bertz CT molecular complexity index is 1520. The third-order valence-corrected chi connectivity index (χ3v) is 10.5. The lowest BCUT2D eigenvalue weighted by molar-refractivity contribution is 0.160. The normalized spacial score (nSPS) is 18.7. The minimum atomic E-state index is -4.10. The number of hydrogen-bond donors (Lipinski definition) is 3. The summed E-state index contributed by atoms with van der Waals surface area (Å²) >= 11 is 6.30. The van der Waals surface area contributed by atoms with Crippen LogP contribution >= 0.6 is 11.6 Å². The number of furan rings is 1. The van der Waals surface area contributed by atoms with Crippen LogP contribution in [0.5, 0.6) is 5.75 Å². The van der Waals surface area contributed by atoms with Crippen LogP contribution in [-0.4, -0.2) is 30.9 Å². The topological polar surface area (TPSA) is 129 Å². The Morgan fingerprint density at radius 2 is 1.71 bits per heavy atom. The molecule has 1 unspecified atom stereocenters. The van der Waals surface area contributed by atoms with Crippen molar-refractivity contribution >= 4 is 38.7 Å². The molecular formula is C27H32ClN3O6S. The molecule has 1 aromatic heterocycles. The Labute approximate surface area is 226 Å². The maximum absolute atomic E-state index is 13.6. The summed E-state index contributed by atoms with van der Waals surface area (Å²) in [6, 6.07) is 5.99. The van der Waals surface area contributed by atoms with Crippen molar-refractivity contribution in [3.8, 4) is 5.75 Å². The highest BCUT2D eigenvalue weighted by atomic mass is 35.5. The number of halogens is 1. The second kappa shape index (κ2) is 10.1. The van der Waals surface area contributed by atoms with Gasteiger partial charge in [-0.15, -0.1) is 0 Å². The molecule has 11 heteroatoms. The van der Waals surface area contributed by atoms with E-state index < -0.39 is 31.5 Å². The lowest BCUT2D eigenvalue weighted by atomic mass is 9.78.